The number of nitrogens with zero attached hydrogens (tertiary/aromatic N) is 2. The number of nitrogen functional groups attached to an aromatic ring is 1. The lowest BCUT2D eigenvalue weighted by Crippen LogP contribution is -2.23. The maximum Gasteiger partial charge on any atom is 0.255 e. The third kappa shape index (κ3) is 4.76. The van der Waals surface area contributed by atoms with Crippen molar-refractivity contribution in [1.29, 1.82) is 0 Å². The Labute approximate surface area is 163 Å². The van der Waals surface area contributed by atoms with Crippen molar-refractivity contribution in [2.45, 2.75) is 19.9 Å². The van der Waals surface area contributed by atoms with E-state index in [-0.39, 0.29) is 11.8 Å². The van der Waals surface area contributed by atoms with Gasteiger partial charge in [0.2, 0.25) is 0 Å². The Morgan fingerprint density at radius 1 is 1.04 bits per heavy atom. The second-order valence-electron chi connectivity index (χ2n) is 6.42. The minimum atomic E-state index is -0.224. The summed E-state index contributed by atoms with van der Waals surface area (Å²) in [5, 5.41) is 9.85. The lowest BCUT2D eigenvalue weighted by atomic mass is 10.1. The number of carbonyl (C=O) groups excluding carboxylic acids is 2. The molecule has 0 fully saturated rings. The Balaban J connectivity index is 1.62. The number of rotatable bonds is 7. The minimum absolute atomic E-state index is 0.125. The molecule has 0 unspecified atom stereocenters. The standard InChI is InChI=1S/C21H23N5O2/c1-2-11-23-20(27)17-12-24-26(14-17)13-15-7-9-16(10-8-15)21(28)25-19-6-4-3-5-18(19)22/h3-10,12,14H,2,11,13,22H2,1H3,(H,23,27)(H,25,28). The molecule has 28 heavy (non-hydrogen) atoms. The van der Waals surface area contributed by atoms with E-state index in [2.05, 4.69) is 15.7 Å². The largest absolute Gasteiger partial charge is 0.397 e. The van der Waals surface area contributed by atoms with Crippen LogP contribution in [0.3, 0.4) is 0 Å². The van der Waals surface area contributed by atoms with E-state index in [1.807, 2.05) is 31.2 Å². The summed E-state index contributed by atoms with van der Waals surface area (Å²) in [5.41, 5.74) is 9.00. The van der Waals surface area contributed by atoms with Crippen LogP contribution in [0.2, 0.25) is 0 Å². The number of benzene rings is 2. The summed E-state index contributed by atoms with van der Waals surface area (Å²) in [6, 6.07) is 14.4. The van der Waals surface area contributed by atoms with Crippen molar-refractivity contribution in [2.24, 2.45) is 0 Å². The van der Waals surface area contributed by atoms with Crippen molar-refractivity contribution >= 4 is 23.2 Å². The van der Waals surface area contributed by atoms with Crippen molar-refractivity contribution in [3.63, 3.8) is 0 Å². The number of carbonyl (C=O) groups is 2. The summed E-state index contributed by atoms with van der Waals surface area (Å²) in [6.45, 7) is 3.15. The SMILES string of the molecule is CCCNC(=O)c1cnn(Cc2ccc(C(=O)Nc3ccccc3N)cc2)c1. The van der Waals surface area contributed by atoms with Crippen LogP contribution in [-0.2, 0) is 6.54 Å². The summed E-state index contributed by atoms with van der Waals surface area (Å²) in [4.78, 5) is 24.3. The molecule has 0 atom stereocenters. The highest BCUT2D eigenvalue weighted by molar-refractivity contribution is 6.05. The molecule has 3 rings (SSSR count). The highest BCUT2D eigenvalue weighted by Gasteiger charge is 2.10. The molecule has 0 aliphatic rings. The molecule has 144 valence electrons. The molecule has 0 aliphatic carbocycles. The zero-order valence-corrected chi connectivity index (χ0v) is 15.7. The van der Waals surface area contributed by atoms with Gasteiger partial charge in [-0.25, -0.2) is 0 Å². The van der Waals surface area contributed by atoms with E-state index < -0.39 is 0 Å². The molecule has 7 nitrogen and oxygen atoms in total. The molecule has 3 aromatic rings. The average molecular weight is 377 g/mol. The fraction of sp³-hybridized carbons (Fsp3) is 0.190. The van der Waals surface area contributed by atoms with Crippen LogP contribution >= 0.6 is 0 Å². The van der Waals surface area contributed by atoms with E-state index in [1.54, 1.807) is 41.3 Å². The number of hydrogen-bond donors (Lipinski definition) is 3. The van der Waals surface area contributed by atoms with Crippen LogP contribution < -0.4 is 16.4 Å². The molecule has 0 saturated heterocycles. The molecule has 1 aromatic heterocycles. The summed E-state index contributed by atoms with van der Waals surface area (Å²) in [7, 11) is 0. The first-order chi connectivity index (χ1) is 13.6. The van der Waals surface area contributed by atoms with Gasteiger partial charge in [-0.15, -0.1) is 0 Å². The summed E-state index contributed by atoms with van der Waals surface area (Å²) in [6.07, 6.45) is 4.15. The van der Waals surface area contributed by atoms with Crippen molar-refractivity contribution in [1.82, 2.24) is 15.1 Å². The van der Waals surface area contributed by atoms with Crippen molar-refractivity contribution < 1.29 is 9.59 Å². The first kappa shape index (κ1) is 19.2. The number of para-hydroxylation sites is 2. The van der Waals surface area contributed by atoms with E-state index in [0.717, 1.165) is 12.0 Å². The monoisotopic (exact) mass is 377 g/mol. The van der Waals surface area contributed by atoms with Gasteiger partial charge in [0.15, 0.2) is 0 Å². The number of anilines is 2. The summed E-state index contributed by atoms with van der Waals surface area (Å²) >= 11 is 0. The zero-order chi connectivity index (χ0) is 19.9. The fourth-order valence-electron chi connectivity index (χ4n) is 2.66. The normalized spacial score (nSPS) is 10.5. The van der Waals surface area contributed by atoms with Gasteiger partial charge in [-0.3, -0.25) is 14.3 Å². The highest BCUT2D eigenvalue weighted by atomic mass is 16.2. The number of amides is 2. The van der Waals surface area contributed by atoms with Crippen molar-refractivity contribution in [3.05, 3.63) is 77.6 Å². The van der Waals surface area contributed by atoms with E-state index in [1.165, 1.54) is 0 Å². The zero-order valence-electron chi connectivity index (χ0n) is 15.7. The average Bonchev–Trinajstić information content (AvgIpc) is 3.17. The lowest BCUT2D eigenvalue weighted by molar-refractivity contribution is 0.0952. The van der Waals surface area contributed by atoms with Crippen LogP contribution in [-0.4, -0.2) is 28.1 Å². The van der Waals surface area contributed by atoms with Crippen LogP contribution in [0, 0.1) is 0 Å². The quantitative estimate of drug-likeness (QED) is 0.551. The lowest BCUT2D eigenvalue weighted by Gasteiger charge is -2.08. The van der Waals surface area contributed by atoms with Gasteiger partial charge in [-0.05, 0) is 36.2 Å². The van der Waals surface area contributed by atoms with Crippen LogP contribution in [0.15, 0.2) is 60.9 Å². The van der Waals surface area contributed by atoms with Crippen molar-refractivity contribution in [3.8, 4) is 0 Å². The van der Waals surface area contributed by atoms with Crippen LogP contribution in [0.25, 0.3) is 0 Å². The predicted molar refractivity (Wildman–Crippen MR) is 109 cm³/mol. The van der Waals surface area contributed by atoms with E-state index >= 15 is 0 Å². The van der Waals surface area contributed by atoms with Gasteiger partial charge in [0, 0.05) is 18.3 Å². The van der Waals surface area contributed by atoms with Gasteiger partial charge in [-0.1, -0.05) is 31.2 Å². The van der Waals surface area contributed by atoms with Gasteiger partial charge in [0.05, 0.1) is 29.7 Å². The van der Waals surface area contributed by atoms with Gasteiger partial charge < -0.3 is 16.4 Å². The van der Waals surface area contributed by atoms with Crippen LogP contribution in [0.1, 0.15) is 39.6 Å². The van der Waals surface area contributed by atoms with Gasteiger partial charge in [0.25, 0.3) is 11.8 Å². The van der Waals surface area contributed by atoms with E-state index in [9.17, 15) is 9.59 Å². The smallest absolute Gasteiger partial charge is 0.255 e. The van der Waals surface area contributed by atoms with E-state index in [0.29, 0.717) is 35.6 Å². The van der Waals surface area contributed by atoms with Gasteiger partial charge in [0.1, 0.15) is 0 Å². The van der Waals surface area contributed by atoms with Crippen LogP contribution in [0.5, 0.6) is 0 Å². The van der Waals surface area contributed by atoms with Crippen molar-refractivity contribution in [2.75, 3.05) is 17.6 Å². The molecule has 0 radical (unpaired) electrons. The first-order valence-electron chi connectivity index (χ1n) is 9.12. The molecule has 4 N–H and O–H groups in total. The molecule has 0 saturated carbocycles. The maximum atomic E-state index is 12.4. The predicted octanol–water partition coefficient (Wildman–Crippen LogP) is 2.91. The Hall–Kier alpha value is -3.61. The number of hydrogen-bond acceptors (Lipinski definition) is 4. The Bertz CT molecular complexity index is 963. The Morgan fingerprint density at radius 3 is 2.50 bits per heavy atom. The second kappa shape index (κ2) is 8.85. The molecule has 2 amide bonds. The third-order valence-electron chi connectivity index (χ3n) is 4.20. The maximum absolute atomic E-state index is 12.4. The molecular formula is C21H23N5O2. The van der Waals surface area contributed by atoms with Gasteiger partial charge in [-0.2, -0.15) is 5.10 Å². The minimum Gasteiger partial charge on any atom is -0.397 e. The molecule has 0 aliphatic heterocycles. The summed E-state index contributed by atoms with van der Waals surface area (Å²) in [5.74, 6) is -0.348. The first-order valence-corrected chi connectivity index (χ1v) is 9.12. The molecule has 0 bridgehead atoms. The number of aromatic nitrogens is 2. The molecule has 2 aromatic carbocycles. The molecule has 7 heteroatoms. The van der Waals surface area contributed by atoms with Gasteiger partial charge >= 0.3 is 0 Å². The molecule has 0 spiro atoms. The Kier molecular flexibility index (Phi) is 6.06. The third-order valence-corrected chi connectivity index (χ3v) is 4.20. The second-order valence-corrected chi connectivity index (χ2v) is 6.42. The van der Waals surface area contributed by atoms with Crippen LogP contribution in [0.4, 0.5) is 11.4 Å². The molecule has 1 heterocycles. The number of nitrogens with two attached hydrogens (primary N) is 1. The Morgan fingerprint density at radius 2 is 1.79 bits per heavy atom. The fourth-order valence-corrected chi connectivity index (χ4v) is 2.66. The number of nitrogens with one attached hydrogen (secondary N) is 2. The summed E-state index contributed by atoms with van der Waals surface area (Å²) < 4.78 is 1.70. The highest BCUT2D eigenvalue weighted by Crippen LogP contribution is 2.18. The van der Waals surface area contributed by atoms with E-state index in [4.69, 9.17) is 5.73 Å². The molecular weight excluding hydrogens is 354 g/mol. The topological polar surface area (TPSA) is 102 Å².